The molecule has 6 heteroatoms. The molecule has 0 saturated carbocycles. The molecule has 1 fully saturated rings. The number of hydrogen-bond acceptors (Lipinski definition) is 5. The lowest BCUT2D eigenvalue weighted by Crippen LogP contribution is -2.28. The van der Waals surface area contributed by atoms with Gasteiger partial charge in [-0.1, -0.05) is 24.3 Å². The van der Waals surface area contributed by atoms with E-state index in [0.29, 0.717) is 6.47 Å². The first-order valence-corrected chi connectivity index (χ1v) is 8.12. The first-order valence-electron chi connectivity index (χ1n) is 8.12. The molecule has 0 bridgehead atoms. The molecule has 0 spiro atoms. The Morgan fingerprint density at radius 3 is 2.29 bits per heavy atom. The third kappa shape index (κ3) is 9.27. The summed E-state index contributed by atoms with van der Waals surface area (Å²) in [5.74, 6) is 0. The summed E-state index contributed by atoms with van der Waals surface area (Å²) in [5, 5.41) is 10.3. The summed E-state index contributed by atoms with van der Waals surface area (Å²) in [5.41, 5.74) is 2.67. The maximum absolute atomic E-state index is 10.5. The molecule has 136 valence electrons. The lowest BCUT2D eigenvalue weighted by Gasteiger charge is -2.24. The molecule has 3 rings (SSSR count). The second-order valence-corrected chi connectivity index (χ2v) is 5.42. The highest BCUT2D eigenvalue weighted by molar-refractivity contribution is 5.49. The number of fused-ring (bicyclic) bond motifs is 1. The maximum Gasteiger partial charge on any atom is 0.292 e. The molecule has 1 atom stereocenters. The molecule has 1 aromatic carbocycles. The number of benzene rings is 1. The van der Waals surface area contributed by atoms with Crippen molar-refractivity contribution in [2.75, 3.05) is 27.3 Å². The van der Waals surface area contributed by atoms with Crippen molar-refractivity contribution in [2.45, 2.75) is 38.8 Å². The van der Waals surface area contributed by atoms with Crippen LogP contribution in [-0.2, 0) is 27.3 Å². The summed E-state index contributed by atoms with van der Waals surface area (Å²) in [6.07, 6.45) is 4.67. The van der Waals surface area contributed by atoms with Crippen molar-refractivity contribution in [1.29, 1.82) is 0 Å². The zero-order valence-corrected chi connectivity index (χ0v) is 14.9. The van der Waals surface area contributed by atoms with Crippen LogP contribution in [0.2, 0.25) is 0 Å². The van der Waals surface area contributed by atoms with Crippen LogP contribution >= 0.6 is 0 Å². The van der Waals surface area contributed by atoms with Gasteiger partial charge in [-0.05, 0) is 43.9 Å². The number of hydrogen-bond donors (Lipinski definition) is 2. The summed E-state index contributed by atoms with van der Waals surface area (Å²) in [7, 11) is 2.31. The number of amides is 1. The van der Waals surface area contributed by atoms with Gasteiger partial charge >= 0.3 is 0 Å². The topological polar surface area (TPSA) is 78.9 Å². The number of carbonyl (C=O) groups is 2. The molecule has 6 nitrogen and oxygen atoms in total. The predicted molar refractivity (Wildman–Crippen MR) is 94.5 cm³/mol. The van der Waals surface area contributed by atoms with Gasteiger partial charge in [-0.2, -0.15) is 0 Å². The number of aliphatic hydroxyl groups is 1. The van der Waals surface area contributed by atoms with E-state index < -0.39 is 0 Å². The van der Waals surface area contributed by atoms with Crippen LogP contribution in [0.3, 0.4) is 0 Å². The van der Waals surface area contributed by atoms with Crippen molar-refractivity contribution in [2.24, 2.45) is 0 Å². The van der Waals surface area contributed by atoms with E-state index in [0.717, 1.165) is 39.1 Å². The number of nitrogens with one attached hydrogen (secondary N) is 1. The largest absolute Gasteiger partial charge is 0.471 e. The van der Waals surface area contributed by atoms with Crippen molar-refractivity contribution >= 4 is 12.9 Å². The SMILES string of the molecule is CC1CCCN1.CO.COC=O.O=CN1CCc2ccccc2C1. The van der Waals surface area contributed by atoms with Gasteiger partial charge in [-0.25, -0.2) is 0 Å². The summed E-state index contributed by atoms with van der Waals surface area (Å²) in [6.45, 7) is 5.48. The molecule has 24 heavy (non-hydrogen) atoms. The zero-order chi connectivity index (χ0) is 18.2. The fraction of sp³-hybridized carbons (Fsp3) is 0.556. The molecule has 1 saturated heterocycles. The monoisotopic (exact) mass is 338 g/mol. The predicted octanol–water partition coefficient (Wildman–Crippen LogP) is 1.36. The van der Waals surface area contributed by atoms with E-state index in [1.54, 1.807) is 0 Å². The van der Waals surface area contributed by atoms with E-state index in [1.165, 1.54) is 37.6 Å². The Balaban J connectivity index is 0.000000371. The van der Waals surface area contributed by atoms with E-state index in [9.17, 15) is 4.79 Å². The molecule has 2 N–H and O–H groups in total. The quantitative estimate of drug-likeness (QED) is 0.796. The molecule has 0 radical (unpaired) electrons. The lowest BCUT2D eigenvalue weighted by molar-refractivity contribution is -0.126. The van der Waals surface area contributed by atoms with Crippen LogP contribution in [0.5, 0.6) is 0 Å². The van der Waals surface area contributed by atoms with Gasteiger partial charge in [-0.3, -0.25) is 9.59 Å². The Labute approximate surface area is 144 Å². The minimum absolute atomic E-state index is 0.375. The first-order chi connectivity index (χ1) is 11.7. The Hall–Kier alpha value is -1.92. The second-order valence-electron chi connectivity index (χ2n) is 5.42. The minimum atomic E-state index is 0.375. The van der Waals surface area contributed by atoms with Gasteiger partial charge in [0.15, 0.2) is 0 Å². The number of carbonyl (C=O) groups excluding carboxylic acids is 2. The van der Waals surface area contributed by atoms with Gasteiger partial charge in [0.2, 0.25) is 6.41 Å². The van der Waals surface area contributed by atoms with Crippen molar-refractivity contribution in [1.82, 2.24) is 10.2 Å². The Kier molecular flexibility index (Phi) is 13.5. The Morgan fingerprint density at radius 2 is 1.88 bits per heavy atom. The van der Waals surface area contributed by atoms with Crippen molar-refractivity contribution in [3.05, 3.63) is 35.4 Å². The second kappa shape index (κ2) is 14.7. The fourth-order valence-corrected chi connectivity index (χ4v) is 2.47. The summed E-state index contributed by atoms with van der Waals surface area (Å²) >= 11 is 0. The van der Waals surface area contributed by atoms with Crippen molar-refractivity contribution < 1.29 is 19.4 Å². The normalized spacial score (nSPS) is 17.5. The van der Waals surface area contributed by atoms with E-state index in [4.69, 9.17) is 9.90 Å². The third-order valence-corrected chi connectivity index (χ3v) is 3.71. The fourth-order valence-electron chi connectivity index (χ4n) is 2.47. The number of methoxy groups -OCH3 is 1. The van der Waals surface area contributed by atoms with Crippen molar-refractivity contribution in [3.63, 3.8) is 0 Å². The first kappa shape index (κ1) is 22.1. The molecule has 2 heterocycles. The molecular formula is C18H30N2O4. The number of ether oxygens (including phenoxy) is 1. The van der Waals surface area contributed by atoms with Gasteiger partial charge in [-0.15, -0.1) is 0 Å². The zero-order valence-electron chi connectivity index (χ0n) is 14.9. The highest BCUT2D eigenvalue weighted by Gasteiger charge is 2.12. The van der Waals surface area contributed by atoms with Crippen LogP contribution in [0.1, 0.15) is 30.9 Å². The molecule has 0 aliphatic carbocycles. The molecule has 2 aliphatic rings. The molecule has 1 aromatic rings. The van der Waals surface area contributed by atoms with Crippen LogP contribution < -0.4 is 5.32 Å². The van der Waals surface area contributed by atoms with E-state index in [-0.39, 0.29) is 0 Å². The smallest absolute Gasteiger partial charge is 0.292 e. The summed E-state index contributed by atoms with van der Waals surface area (Å²) in [6, 6.07) is 9.09. The summed E-state index contributed by atoms with van der Waals surface area (Å²) < 4.78 is 3.86. The third-order valence-electron chi connectivity index (χ3n) is 3.71. The number of nitrogens with zero attached hydrogens (tertiary/aromatic N) is 1. The number of aliphatic hydroxyl groups excluding tert-OH is 1. The van der Waals surface area contributed by atoms with Gasteiger partial charge in [0.1, 0.15) is 0 Å². The van der Waals surface area contributed by atoms with E-state index in [2.05, 4.69) is 35.2 Å². The molecule has 1 unspecified atom stereocenters. The number of rotatable bonds is 2. The van der Waals surface area contributed by atoms with Crippen LogP contribution in [0.25, 0.3) is 0 Å². The van der Waals surface area contributed by atoms with Crippen molar-refractivity contribution in [3.8, 4) is 0 Å². The highest BCUT2D eigenvalue weighted by Crippen LogP contribution is 2.16. The average Bonchev–Trinajstić information content (AvgIpc) is 3.14. The van der Waals surface area contributed by atoms with Crippen LogP contribution in [0.15, 0.2) is 24.3 Å². The van der Waals surface area contributed by atoms with E-state index in [1.807, 2.05) is 11.0 Å². The van der Waals surface area contributed by atoms with Crippen LogP contribution in [0, 0.1) is 0 Å². The summed E-state index contributed by atoms with van der Waals surface area (Å²) in [4.78, 5) is 21.3. The Morgan fingerprint density at radius 1 is 1.25 bits per heavy atom. The molecular weight excluding hydrogens is 308 g/mol. The molecule has 2 aliphatic heterocycles. The maximum atomic E-state index is 10.5. The van der Waals surface area contributed by atoms with Gasteiger partial charge in [0, 0.05) is 26.2 Å². The standard InChI is InChI=1S/C10H11NO.C5H11N.C2H4O2.CH4O/c12-8-11-6-5-9-3-1-2-4-10(9)7-11;1-5-3-2-4-6-5;1-4-2-3;1-2/h1-4,8H,5-7H2;5-6H,2-4H2,1H3;2H,1H3;2H,1H3. The highest BCUT2D eigenvalue weighted by atomic mass is 16.5. The Bertz CT molecular complexity index is 448. The molecule has 1 amide bonds. The van der Waals surface area contributed by atoms with Gasteiger partial charge in [0.25, 0.3) is 6.47 Å². The van der Waals surface area contributed by atoms with Gasteiger partial charge < -0.3 is 20.1 Å². The van der Waals surface area contributed by atoms with Crippen LogP contribution in [0.4, 0.5) is 0 Å². The average molecular weight is 338 g/mol. The minimum Gasteiger partial charge on any atom is -0.471 e. The van der Waals surface area contributed by atoms with Crippen LogP contribution in [-0.4, -0.2) is 56.2 Å². The molecule has 0 aromatic heterocycles. The van der Waals surface area contributed by atoms with Gasteiger partial charge in [0.05, 0.1) is 7.11 Å². The van der Waals surface area contributed by atoms with E-state index >= 15 is 0 Å². The lowest BCUT2D eigenvalue weighted by atomic mass is 10.0.